The molecule has 0 aliphatic carbocycles. The van der Waals surface area contributed by atoms with Gasteiger partial charge in [0.1, 0.15) is 5.75 Å². The molecule has 1 aromatic rings. The fraction of sp³-hybridized carbons (Fsp3) is 0.0769. The Balaban J connectivity index is 2.57. The third-order valence-corrected chi connectivity index (χ3v) is 2.12. The second kappa shape index (κ2) is 7.07. The molecule has 15 heavy (non-hydrogen) atoms. The van der Waals surface area contributed by atoms with Gasteiger partial charge >= 0.3 is 0 Å². The van der Waals surface area contributed by atoms with E-state index in [-0.39, 0.29) is 0 Å². The largest absolute Gasteiger partial charge is 0.497 e. The second-order valence-electron chi connectivity index (χ2n) is 2.84. The minimum atomic E-state index is 0.880. The summed E-state index contributed by atoms with van der Waals surface area (Å²) in [5.74, 6) is 0.880. The van der Waals surface area contributed by atoms with E-state index in [1.807, 2.05) is 59.6 Å². The molecular weight excluding hydrogens is 252 g/mol. The van der Waals surface area contributed by atoms with Gasteiger partial charge in [0.15, 0.2) is 0 Å². The topological polar surface area (TPSA) is 9.23 Å². The first kappa shape index (κ1) is 11.8. The average molecular weight is 265 g/mol. The van der Waals surface area contributed by atoms with Crippen LogP contribution in [0.15, 0.2) is 53.6 Å². The van der Waals surface area contributed by atoms with E-state index < -0.39 is 0 Å². The fourth-order valence-electron chi connectivity index (χ4n) is 1.05. The van der Waals surface area contributed by atoms with E-state index in [1.54, 1.807) is 7.11 Å². The van der Waals surface area contributed by atoms with Crippen LogP contribution in [0.25, 0.3) is 6.08 Å². The molecule has 0 N–H and O–H groups in total. The van der Waals surface area contributed by atoms with E-state index in [4.69, 9.17) is 4.74 Å². The summed E-state index contributed by atoms with van der Waals surface area (Å²) in [6.45, 7) is 0. The van der Waals surface area contributed by atoms with Crippen LogP contribution < -0.4 is 4.74 Å². The highest BCUT2D eigenvalue weighted by Gasteiger charge is 1.88. The second-order valence-corrected chi connectivity index (χ2v) is 3.36. The van der Waals surface area contributed by atoms with Crippen molar-refractivity contribution in [1.29, 1.82) is 0 Å². The fourth-order valence-corrected chi connectivity index (χ4v) is 1.23. The van der Waals surface area contributed by atoms with Crippen molar-refractivity contribution in [1.82, 2.24) is 0 Å². The number of ether oxygens (including phenoxy) is 1. The molecule has 2 heteroatoms. The SMILES string of the molecule is COc1ccc(\C=C/C=C/C=C\Br)cc1. The smallest absolute Gasteiger partial charge is 0.118 e. The summed E-state index contributed by atoms with van der Waals surface area (Å²) in [5.41, 5.74) is 1.16. The average Bonchev–Trinajstić information content (AvgIpc) is 2.30. The van der Waals surface area contributed by atoms with Gasteiger partial charge in [0, 0.05) is 0 Å². The Labute approximate surface area is 98.9 Å². The van der Waals surface area contributed by atoms with Crippen molar-refractivity contribution in [2.75, 3.05) is 7.11 Å². The van der Waals surface area contributed by atoms with E-state index in [0.717, 1.165) is 11.3 Å². The summed E-state index contributed by atoms with van der Waals surface area (Å²) >= 11 is 3.19. The first-order valence-corrected chi connectivity index (χ1v) is 5.52. The summed E-state index contributed by atoms with van der Waals surface area (Å²) in [5, 5.41) is 0. The molecule has 0 saturated heterocycles. The zero-order chi connectivity index (χ0) is 10.9. The highest BCUT2D eigenvalue weighted by atomic mass is 79.9. The van der Waals surface area contributed by atoms with Crippen molar-refractivity contribution < 1.29 is 4.74 Å². The number of allylic oxidation sites excluding steroid dienone is 4. The van der Waals surface area contributed by atoms with Gasteiger partial charge in [-0.05, 0) is 22.7 Å². The molecule has 0 unspecified atom stereocenters. The highest BCUT2D eigenvalue weighted by molar-refractivity contribution is 9.11. The molecule has 78 valence electrons. The molecule has 0 aromatic heterocycles. The lowest BCUT2D eigenvalue weighted by atomic mass is 10.2. The third-order valence-electron chi connectivity index (χ3n) is 1.81. The van der Waals surface area contributed by atoms with Gasteiger partial charge in [-0.25, -0.2) is 0 Å². The Morgan fingerprint density at radius 1 is 1.00 bits per heavy atom. The van der Waals surface area contributed by atoms with Crippen LogP contribution in [0.1, 0.15) is 5.56 Å². The molecule has 0 atom stereocenters. The van der Waals surface area contributed by atoms with Crippen molar-refractivity contribution >= 4 is 22.0 Å². The quantitative estimate of drug-likeness (QED) is 0.742. The zero-order valence-electron chi connectivity index (χ0n) is 8.56. The maximum absolute atomic E-state index is 5.07. The molecule has 0 aliphatic heterocycles. The molecule has 0 spiro atoms. The number of rotatable bonds is 4. The van der Waals surface area contributed by atoms with Gasteiger partial charge < -0.3 is 4.74 Å². The van der Waals surface area contributed by atoms with Crippen LogP contribution in [0.4, 0.5) is 0 Å². The van der Waals surface area contributed by atoms with Crippen molar-refractivity contribution in [2.24, 2.45) is 0 Å². The number of benzene rings is 1. The minimum absolute atomic E-state index is 0.880. The highest BCUT2D eigenvalue weighted by Crippen LogP contribution is 2.12. The Morgan fingerprint density at radius 2 is 1.67 bits per heavy atom. The van der Waals surface area contributed by atoms with Crippen LogP contribution in [-0.4, -0.2) is 7.11 Å². The van der Waals surface area contributed by atoms with Crippen LogP contribution in [0.3, 0.4) is 0 Å². The van der Waals surface area contributed by atoms with Crippen LogP contribution in [-0.2, 0) is 0 Å². The molecule has 0 bridgehead atoms. The molecule has 0 heterocycles. The number of halogens is 1. The van der Waals surface area contributed by atoms with E-state index in [0.29, 0.717) is 0 Å². The standard InChI is InChI=1S/C13H13BrO/c1-15-13-9-7-12(8-10-13)6-4-2-3-5-11-14/h2-11H,1H3/b3-2+,6-4-,11-5-. The summed E-state index contributed by atoms with van der Waals surface area (Å²) in [6, 6.07) is 7.93. The van der Waals surface area contributed by atoms with Gasteiger partial charge in [0.2, 0.25) is 0 Å². The van der Waals surface area contributed by atoms with Gasteiger partial charge in [0.05, 0.1) is 7.11 Å². The number of methoxy groups -OCH3 is 1. The van der Waals surface area contributed by atoms with Gasteiger partial charge in [-0.1, -0.05) is 58.4 Å². The van der Waals surface area contributed by atoms with Crippen molar-refractivity contribution in [3.8, 4) is 5.75 Å². The summed E-state index contributed by atoms with van der Waals surface area (Å²) in [7, 11) is 1.67. The molecule has 1 rings (SSSR count). The van der Waals surface area contributed by atoms with Crippen molar-refractivity contribution in [3.05, 3.63) is 59.1 Å². The molecular formula is C13H13BrO. The predicted molar refractivity (Wildman–Crippen MR) is 69.2 cm³/mol. The van der Waals surface area contributed by atoms with E-state index in [2.05, 4.69) is 15.9 Å². The summed E-state index contributed by atoms with van der Waals surface area (Å²) < 4.78 is 5.07. The summed E-state index contributed by atoms with van der Waals surface area (Å²) in [4.78, 5) is 1.81. The number of hydrogen-bond acceptors (Lipinski definition) is 1. The molecule has 0 amide bonds. The lowest BCUT2D eigenvalue weighted by molar-refractivity contribution is 0.415. The van der Waals surface area contributed by atoms with Gasteiger partial charge in [0.25, 0.3) is 0 Å². The Bertz CT molecular complexity index is 361. The van der Waals surface area contributed by atoms with Crippen LogP contribution in [0.2, 0.25) is 0 Å². The predicted octanol–water partition coefficient (Wildman–Crippen LogP) is 4.17. The van der Waals surface area contributed by atoms with Gasteiger partial charge in [-0.2, -0.15) is 0 Å². The molecule has 1 aromatic carbocycles. The first-order chi connectivity index (χ1) is 7.36. The van der Waals surface area contributed by atoms with Crippen LogP contribution >= 0.6 is 15.9 Å². The van der Waals surface area contributed by atoms with E-state index >= 15 is 0 Å². The van der Waals surface area contributed by atoms with Crippen molar-refractivity contribution in [3.63, 3.8) is 0 Å². The van der Waals surface area contributed by atoms with E-state index in [1.165, 1.54) is 0 Å². The zero-order valence-corrected chi connectivity index (χ0v) is 10.1. The maximum atomic E-state index is 5.07. The molecule has 0 saturated carbocycles. The lowest BCUT2D eigenvalue weighted by Gasteiger charge is -1.98. The Morgan fingerprint density at radius 3 is 2.27 bits per heavy atom. The van der Waals surface area contributed by atoms with Crippen molar-refractivity contribution in [2.45, 2.75) is 0 Å². The number of hydrogen-bond donors (Lipinski definition) is 0. The van der Waals surface area contributed by atoms with Gasteiger partial charge in [-0.15, -0.1) is 0 Å². The Kier molecular flexibility index (Phi) is 5.56. The van der Waals surface area contributed by atoms with Crippen LogP contribution in [0.5, 0.6) is 5.75 Å². The molecule has 1 nitrogen and oxygen atoms in total. The normalized spacial score (nSPS) is 11.9. The first-order valence-electron chi connectivity index (χ1n) is 4.61. The lowest BCUT2D eigenvalue weighted by Crippen LogP contribution is -1.81. The molecule has 0 aliphatic rings. The summed E-state index contributed by atoms with van der Waals surface area (Å²) in [6.07, 6.45) is 9.88. The molecule has 0 fully saturated rings. The maximum Gasteiger partial charge on any atom is 0.118 e. The third kappa shape index (κ3) is 4.66. The van der Waals surface area contributed by atoms with Gasteiger partial charge in [-0.3, -0.25) is 0 Å². The Hall–Kier alpha value is -1.28. The minimum Gasteiger partial charge on any atom is -0.497 e. The monoisotopic (exact) mass is 264 g/mol. The van der Waals surface area contributed by atoms with E-state index in [9.17, 15) is 0 Å². The molecule has 0 radical (unpaired) electrons. The van der Waals surface area contributed by atoms with Crippen LogP contribution in [0, 0.1) is 0 Å².